The smallest absolute Gasteiger partial charge is 0.330 e. The van der Waals surface area contributed by atoms with E-state index in [1.165, 1.54) is 45.3 Å². The van der Waals surface area contributed by atoms with Crippen LogP contribution in [0.2, 0.25) is 25.2 Å². The van der Waals surface area contributed by atoms with E-state index in [2.05, 4.69) is 154 Å². The monoisotopic (exact) mass is 1170 g/mol. The first-order valence-corrected chi connectivity index (χ1v) is 35.7. The van der Waals surface area contributed by atoms with Gasteiger partial charge in [0.2, 0.25) is 0 Å². The van der Waals surface area contributed by atoms with Crippen molar-refractivity contribution in [3.63, 3.8) is 0 Å². The lowest BCUT2D eigenvalue weighted by Crippen LogP contribution is -2.58. The highest BCUT2D eigenvalue weighted by Gasteiger charge is 2.56. The number of hydrogen-bond donors (Lipinski definition) is 2. The molecule has 0 saturated carbocycles. The van der Waals surface area contributed by atoms with Crippen molar-refractivity contribution in [2.45, 2.75) is 151 Å². The van der Waals surface area contributed by atoms with Crippen LogP contribution in [0.3, 0.4) is 0 Å². The quantitative estimate of drug-likeness (QED) is 0.0746. The Bertz CT molecular complexity index is 2990. The molecule has 0 bridgehead atoms. The minimum atomic E-state index is -2.16. The van der Waals surface area contributed by atoms with Crippen molar-refractivity contribution in [1.82, 2.24) is 28.4 Å². The number of benzene rings is 4. The Balaban J connectivity index is 0.000000169. The maximum atomic E-state index is 15.9. The zero-order valence-corrected chi connectivity index (χ0v) is 49.2. The first-order valence-electron chi connectivity index (χ1n) is 28.0. The summed E-state index contributed by atoms with van der Waals surface area (Å²) in [6.45, 7) is 10.3. The third-order valence-corrected chi connectivity index (χ3v) is 29.6. The van der Waals surface area contributed by atoms with Crippen molar-refractivity contribution in [2.75, 3.05) is 13.1 Å². The normalized spacial score (nSPS) is 30.5. The highest BCUT2D eigenvalue weighted by Crippen LogP contribution is 2.60. The zero-order valence-electron chi connectivity index (χ0n) is 45.4. The standard InChI is InChI=1S/2C29H35FN3O5PSi/c2*1-3-23-27(26(30)28(36-23)32-18-16-25(34)31-29(32)35)38-39-33-17-10-15-22(33)24(37-39)19-40(2,20-11-6-4-7-12-20)21-13-8-5-9-14-21/h2*4-9,11-14,16,18,22-24,26-28H,3,10,15,17,19H2,1-2H3,(H,31,34,35)/t22-,23+,24+,26-,27?,28+,39+;22-,23-,24+,26+,27?,28-,39+/m01/s1. The molecule has 12 rings (SSSR count). The Morgan fingerprint density at radius 2 is 0.863 bits per heavy atom. The van der Waals surface area contributed by atoms with Gasteiger partial charge < -0.3 is 27.6 Å². The molecule has 80 heavy (non-hydrogen) atoms. The summed E-state index contributed by atoms with van der Waals surface area (Å²) in [4.78, 5) is 52.2. The topological polar surface area (TPSA) is 172 Å². The van der Waals surface area contributed by atoms with Crippen LogP contribution in [-0.2, 0) is 27.6 Å². The molecule has 0 radical (unpaired) electrons. The molecule has 22 heteroatoms. The molecule has 14 atom stereocenters. The van der Waals surface area contributed by atoms with Gasteiger partial charge in [0.05, 0.1) is 24.4 Å². The average Bonchev–Trinajstić information content (AvgIpc) is 4.45. The SMILES string of the molecule is CC[C@H]1O[C@@H](n2ccc(=O)[nH]c2=O)[C@@H](F)C1O[P@@]1O[C@H](C[Si](C)(c2ccccc2)c2ccccc2)[C@@H]2CCCN21.CC[C@H]1O[C@@H](n2ccc(=O)[nH]c2=O)[C@@H](F)C1O[P@]1O[C@@H](C[Si](C)(c2ccccc2)c2ccccc2)[C@H]2CCCN21. The predicted molar refractivity (Wildman–Crippen MR) is 311 cm³/mol. The number of H-pyrrole nitrogens is 2. The number of nitrogens with zero attached hydrogens (tertiary/aromatic N) is 4. The van der Waals surface area contributed by atoms with Crippen molar-refractivity contribution >= 4 is 53.9 Å². The maximum absolute atomic E-state index is 15.9. The van der Waals surface area contributed by atoms with Crippen LogP contribution in [0.4, 0.5) is 8.78 Å². The summed E-state index contributed by atoms with van der Waals surface area (Å²) in [6, 6.07) is 47.5. The van der Waals surface area contributed by atoms with Gasteiger partial charge in [0, 0.05) is 49.7 Å². The van der Waals surface area contributed by atoms with Gasteiger partial charge in [-0.25, -0.2) is 27.7 Å². The lowest BCUT2D eigenvalue weighted by molar-refractivity contribution is -0.0269. The molecule has 6 aliphatic rings. The summed E-state index contributed by atoms with van der Waals surface area (Å²) in [5.74, 6) is 0. The summed E-state index contributed by atoms with van der Waals surface area (Å²) in [7, 11) is -7.32. The number of fused-ring (bicyclic) bond motifs is 2. The van der Waals surface area contributed by atoms with Crippen molar-refractivity contribution in [3.05, 3.63) is 188 Å². The highest BCUT2D eigenvalue weighted by atomic mass is 31.2. The molecule has 2 aromatic heterocycles. The summed E-state index contributed by atoms with van der Waals surface area (Å²) in [5, 5.41) is 5.44. The fourth-order valence-corrected chi connectivity index (χ4v) is 24.7. The van der Waals surface area contributed by atoms with Crippen LogP contribution >= 0.6 is 17.1 Å². The van der Waals surface area contributed by atoms with E-state index in [0.29, 0.717) is 12.8 Å². The summed E-state index contributed by atoms with van der Waals surface area (Å²) < 4.78 is 76.9. The third kappa shape index (κ3) is 11.3. The second-order valence-electron chi connectivity index (χ2n) is 22.1. The number of aromatic amines is 2. The van der Waals surface area contributed by atoms with E-state index < -0.39 is 105 Å². The molecule has 6 aromatic rings. The van der Waals surface area contributed by atoms with Crippen LogP contribution in [0.15, 0.2) is 165 Å². The fraction of sp³-hybridized carbons (Fsp3) is 0.448. The molecule has 6 aliphatic heterocycles. The van der Waals surface area contributed by atoms with Gasteiger partial charge in [-0.05, 0) is 50.6 Å². The molecule has 2 N–H and O–H groups in total. The van der Waals surface area contributed by atoms with Crippen LogP contribution in [0.5, 0.6) is 0 Å². The van der Waals surface area contributed by atoms with Crippen LogP contribution in [0, 0.1) is 0 Å². The Morgan fingerprint density at radius 3 is 1.18 bits per heavy atom. The number of hydrogen-bond acceptors (Lipinski definition) is 12. The summed E-state index contributed by atoms with van der Waals surface area (Å²) in [5.41, 5.74) is -2.48. The van der Waals surface area contributed by atoms with Crippen molar-refractivity contribution in [3.8, 4) is 0 Å². The molecular formula is C58H70F2N6O10P2Si2. The Morgan fingerprint density at radius 1 is 0.525 bits per heavy atom. The molecule has 6 saturated heterocycles. The lowest BCUT2D eigenvalue weighted by Gasteiger charge is -2.32. The molecule has 8 heterocycles. The molecule has 0 spiro atoms. The Hall–Kier alpha value is -4.93. The molecule has 0 aliphatic carbocycles. The average molecular weight is 1170 g/mol. The van der Waals surface area contributed by atoms with Gasteiger partial charge in [0.25, 0.3) is 28.2 Å². The van der Waals surface area contributed by atoms with Crippen LogP contribution < -0.4 is 43.2 Å². The minimum absolute atomic E-state index is 0.0243. The molecule has 4 aromatic carbocycles. The van der Waals surface area contributed by atoms with Crippen molar-refractivity contribution in [1.29, 1.82) is 0 Å². The van der Waals surface area contributed by atoms with Gasteiger partial charge >= 0.3 is 11.4 Å². The number of aromatic nitrogens is 4. The number of rotatable bonds is 16. The van der Waals surface area contributed by atoms with E-state index in [0.717, 1.165) is 60.0 Å². The number of ether oxygens (including phenoxy) is 2. The second-order valence-corrected chi connectivity index (χ2v) is 33.3. The van der Waals surface area contributed by atoms with E-state index in [1.807, 2.05) is 13.8 Å². The number of alkyl halides is 2. The van der Waals surface area contributed by atoms with Gasteiger partial charge in [-0.3, -0.25) is 28.7 Å². The molecule has 424 valence electrons. The lowest BCUT2D eigenvalue weighted by atomic mass is 10.1. The van der Waals surface area contributed by atoms with E-state index >= 15 is 8.78 Å². The van der Waals surface area contributed by atoms with Gasteiger partial charge in [-0.1, -0.05) is 169 Å². The fourth-order valence-electron chi connectivity index (χ4n) is 12.8. The summed E-state index contributed by atoms with van der Waals surface area (Å²) in [6.07, 6.45) is -0.700. The maximum Gasteiger partial charge on any atom is 0.330 e. The van der Waals surface area contributed by atoms with Crippen LogP contribution in [-0.4, -0.2) is 119 Å². The van der Waals surface area contributed by atoms with Gasteiger partial charge in [-0.2, -0.15) is 0 Å². The molecule has 6 fully saturated rings. The van der Waals surface area contributed by atoms with E-state index in [-0.39, 0.29) is 24.3 Å². The first kappa shape index (κ1) is 56.9. The zero-order chi connectivity index (χ0) is 55.7. The van der Waals surface area contributed by atoms with Gasteiger partial charge in [0.1, 0.15) is 28.4 Å². The predicted octanol–water partition coefficient (Wildman–Crippen LogP) is 7.10. The molecular weight excluding hydrogens is 1100 g/mol. The molecule has 2 unspecified atom stereocenters. The van der Waals surface area contributed by atoms with E-state index in [9.17, 15) is 19.2 Å². The second kappa shape index (κ2) is 24.5. The molecule has 0 amide bonds. The van der Waals surface area contributed by atoms with Crippen molar-refractivity contribution in [2.24, 2.45) is 0 Å². The minimum Gasteiger partial charge on any atom is -0.349 e. The number of halogens is 2. The van der Waals surface area contributed by atoms with Gasteiger partial charge in [-0.15, -0.1) is 0 Å². The first-order chi connectivity index (χ1) is 38.8. The van der Waals surface area contributed by atoms with Crippen LogP contribution in [0.1, 0.15) is 64.8 Å². The third-order valence-electron chi connectivity index (χ3n) is 17.1. The van der Waals surface area contributed by atoms with E-state index in [1.54, 1.807) is 0 Å². The largest absolute Gasteiger partial charge is 0.349 e. The number of nitrogens with one attached hydrogen (secondary N) is 2. The Labute approximate surface area is 468 Å². The molecule has 16 nitrogen and oxygen atoms in total. The Kier molecular flexibility index (Phi) is 17.4. The van der Waals surface area contributed by atoms with Gasteiger partial charge in [0.15, 0.2) is 24.8 Å². The summed E-state index contributed by atoms with van der Waals surface area (Å²) >= 11 is 0. The highest BCUT2D eigenvalue weighted by molar-refractivity contribution is 7.45. The van der Waals surface area contributed by atoms with Crippen LogP contribution in [0.25, 0.3) is 0 Å². The van der Waals surface area contributed by atoms with E-state index in [4.69, 9.17) is 27.6 Å². The van der Waals surface area contributed by atoms with Crippen molar-refractivity contribution < 1.29 is 36.3 Å².